The maximum atomic E-state index is 11.3. The van der Waals surface area contributed by atoms with Crippen molar-refractivity contribution in [2.45, 2.75) is 25.7 Å². The number of ketones is 1. The first-order chi connectivity index (χ1) is 5.83. The zero-order valence-corrected chi connectivity index (χ0v) is 7.51. The predicted molar refractivity (Wildman–Crippen MR) is 50.0 cm³/mol. The van der Waals surface area contributed by atoms with Gasteiger partial charge in [-0.1, -0.05) is 6.08 Å². The Balaban J connectivity index is 2.11. The van der Waals surface area contributed by atoms with E-state index in [1.807, 2.05) is 6.08 Å². The second-order valence-corrected chi connectivity index (χ2v) is 3.43. The van der Waals surface area contributed by atoms with Gasteiger partial charge in [0.1, 0.15) is 5.78 Å². The second kappa shape index (κ2) is 5.09. The highest BCUT2D eigenvalue weighted by Gasteiger charge is 2.17. The zero-order chi connectivity index (χ0) is 8.81. The Kier molecular flexibility index (Phi) is 4.01. The van der Waals surface area contributed by atoms with Crippen LogP contribution in [0.2, 0.25) is 0 Å². The van der Waals surface area contributed by atoms with Crippen LogP contribution in [0.15, 0.2) is 12.7 Å². The van der Waals surface area contributed by atoms with Crippen LogP contribution in [0.3, 0.4) is 0 Å². The van der Waals surface area contributed by atoms with Gasteiger partial charge in [0.2, 0.25) is 0 Å². The topological polar surface area (TPSA) is 29.1 Å². The maximum Gasteiger partial charge on any atom is 0.133 e. The first kappa shape index (κ1) is 9.46. The molecule has 12 heavy (non-hydrogen) atoms. The van der Waals surface area contributed by atoms with Gasteiger partial charge in [-0.05, 0) is 31.8 Å². The van der Waals surface area contributed by atoms with Gasteiger partial charge in [0.15, 0.2) is 0 Å². The molecule has 1 atom stereocenters. The maximum absolute atomic E-state index is 11.3. The standard InChI is InChI=1S/C10H17NO/c1-2-3-4-10(12)7-9-5-6-11-8-9/h2,9,11H,1,3-8H2. The van der Waals surface area contributed by atoms with Gasteiger partial charge in [-0.2, -0.15) is 0 Å². The smallest absolute Gasteiger partial charge is 0.133 e. The highest BCUT2D eigenvalue weighted by Crippen LogP contribution is 2.13. The van der Waals surface area contributed by atoms with Crippen LogP contribution in [-0.4, -0.2) is 18.9 Å². The largest absolute Gasteiger partial charge is 0.316 e. The number of carbonyl (C=O) groups excluding carboxylic acids is 1. The Hall–Kier alpha value is -0.630. The van der Waals surface area contributed by atoms with Crippen molar-refractivity contribution in [2.75, 3.05) is 13.1 Å². The molecule has 0 bridgehead atoms. The fourth-order valence-corrected chi connectivity index (χ4v) is 1.58. The van der Waals surface area contributed by atoms with Crippen molar-refractivity contribution in [3.05, 3.63) is 12.7 Å². The van der Waals surface area contributed by atoms with Gasteiger partial charge >= 0.3 is 0 Å². The number of hydrogen-bond donors (Lipinski definition) is 1. The number of allylic oxidation sites excluding steroid dienone is 1. The molecule has 0 radical (unpaired) electrons. The molecule has 1 aliphatic rings. The summed E-state index contributed by atoms with van der Waals surface area (Å²) in [6.45, 7) is 5.71. The van der Waals surface area contributed by atoms with E-state index in [4.69, 9.17) is 0 Å². The summed E-state index contributed by atoms with van der Waals surface area (Å²) in [6, 6.07) is 0. The number of Topliss-reactive ketones (excluding diaryl/α,β-unsaturated/α-hetero) is 1. The molecule has 1 fully saturated rings. The third-order valence-corrected chi connectivity index (χ3v) is 2.31. The van der Waals surface area contributed by atoms with E-state index in [1.54, 1.807) is 0 Å². The molecule has 0 aliphatic carbocycles. The zero-order valence-electron chi connectivity index (χ0n) is 7.51. The summed E-state index contributed by atoms with van der Waals surface area (Å²) in [4.78, 5) is 11.3. The molecule has 0 aromatic carbocycles. The van der Waals surface area contributed by atoms with Crippen LogP contribution in [0.4, 0.5) is 0 Å². The SMILES string of the molecule is C=CCCC(=O)CC1CCNC1. The fourth-order valence-electron chi connectivity index (χ4n) is 1.58. The molecule has 0 aromatic rings. The normalized spacial score (nSPS) is 22.5. The average Bonchev–Trinajstić information content (AvgIpc) is 2.53. The van der Waals surface area contributed by atoms with Gasteiger partial charge in [0, 0.05) is 12.8 Å². The summed E-state index contributed by atoms with van der Waals surface area (Å²) < 4.78 is 0. The van der Waals surface area contributed by atoms with Crippen LogP contribution in [0.1, 0.15) is 25.7 Å². The quantitative estimate of drug-likeness (QED) is 0.629. The molecule has 0 aromatic heterocycles. The molecule has 2 nitrogen and oxygen atoms in total. The van der Waals surface area contributed by atoms with Gasteiger partial charge in [0.05, 0.1) is 0 Å². The average molecular weight is 167 g/mol. The van der Waals surface area contributed by atoms with Crippen molar-refractivity contribution in [2.24, 2.45) is 5.92 Å². The Morgan fingerprint density at radius 3 is 3.08 bits per heavy atom. The van der Waals surface area contributed by atoms with Crippen molar-refractivity contribution in [1.82, 2.24) is 5.32 Å². The molecule has 0 amide bonds. The molecule has 68 valence electrons. The third kappa shape index (κ3) is 3.18. The Labute approximate surface area is 74.0 Å². The van der Waals surface area contributed by atoms with Gasteiger partial charge in [-0.25, -0.2) is 0 Å². The van der Waals surface area contributed by atoms with E-state index in [1.165, 1.54) is 6.42 Å². The van der Waals surface area contributed by atoms with Crippen LogP contribution < -0.4 is 5.32 Å². The van der Waals surface area contributed by atoms with E-state index >= 15 is 0 Å². The van der Waals surface area contributed by atoms with Crippen LogP contribution in [-0.2, 0) is 4.79 Å². The molecular weight excluding hydrogens is 150 g/mol. The van der Waals surface area contributed by atoms with Crippen molar-refractivity contribution >= 4 is 5.78 Å². The summed E-state index contributed by atoms with van der Waals surface area (Å²) in [5.74, 6) is 0.992. The monoisotopic (exact) mass is 167 g/mol. The van der Waals surface area contributed by atoms with E-state index < -0.39 is 0 Å². The first-order valence-corrected chi connectivity index (χ1v) is 4.66. The fraction of sp³-hybridized carbons (Fsp3) is 0.700. The van der Waals surface area contributed by atoms with Crippen LogP contribution >= 0.6 is 0 Å². The minimum Gasteiger partial charge on any atom is -0.316 e. The van der Waals surface area contributed by atoms with Crippen molar-refractivity contribution < 1.29 is 4.79 Å². The Bertz CT molecular complexity index is 159. The highest BCUT2D eigenvalue weighted by molar-refractivity contribution is 5.78. The molecule has 2 heteroatoms. The third-order valence-electron chi connectivity index (χ3n) is 2.31. The Morgan fingerprint density at radius 2 is 2.50 bits per heavy atom. The summed E-state index contributed by atoms with van der Waals surface area (Å²) in [7, 11) is 0. The summed E-state index contributed by atoms with van der Waals surface area (Å²) in [6.07, 6.45) is 5.25. The lowest BCUT2D eigenvalue weighted by molar-refractivity contribution is -0.119. The van der Waals surface area contributed by atoms with Crippen molar-refractivity contribution in [1.29, 1.82) is 0 Å². The lowest BCUT2D eigenvalue weighted by atomic mass is 9.99. The van der Waals surface area contributed by atoms with Gasteiger partial charge in [0.25, 0.3) is 0 Å². The minimum atomic E-state index is 0.392. The highest BCUT2D eigenvalue weighted by atomic mass is 16.1. The number of rotatable bonds is 5. The van der Waals surface area contributed by atoms with E-state index in [0.29, 0.717) is 18.1 Å². The summed E-state index contributed by atoms with van der Waals surface area (Å²) in [5.41, 5.74) is 0. The molecular formula is C10H17NO. The van der Waals surface area contributed by atoms with Gasteiger partial charge < -0.3 is 5.32 Å². The Morgan fingerprint density at radius 1 is 1.67 bits per heavy atom. The van der Waals surface area contributed by atoms with Crippen LogP contribution in [0.5, 0.6) is 0 Å². The second-order valence-electron chi connectivity index (χ2n) is 3.43. The molecule has 1 heterocycles. The number of carbonyl (C=O) groups is 1. The van der Waals surface area contributed by atoms with E-state index in [0.717, 1.165) is 25.9 Å². The van der Waals surface area contributed by atoms with E-state index in [-0.39, 0.29) is 0 Å². The van der Waals surface area contributed by atoms with E-state index in [2.05, 4.69) is 11.9 Å². The molecule has 0 saturated carbocycles. The number of hydrogen-bond acceptors (Lipinski definition) is 2. The lowest BCUT2D eigenvalue weighted by Crippen LogP contribution is -2.12. The van der Waals surface area contributed by atoms with Gasteiger partial charge in [-0.3, -0.25) is 4.79 Å². The summed E-state index contributed by atoms with van der Waals surface area (Å²) in [5, 5.41) is 3.26. The molecule has 1 rings (SSSR count). The van der Waals surface area contributed by atoms with Crippen molar-refractivity contribution in [3.63, 3.8) is 0 Å². The predicted octanol–water partition coefficient (Wildman–Crippen LogP) is 1.52. The number of nitrogens with one attached hydrogen (secondary N) is 1. The molecule has 1 N–H and O–H groups in total. The van der Waals surface area contributed by atoms with E-state index in [9.17, 15) is 4.79 Å². The lowest BCUT2D eigenvalue weighted by Gasteiger charge is -2.05. The van der Waals surface area contributed by atoms with Crippen molar-refractivity contribution in [3.8, 4) is 0 Å². The summed E-state index contributed by atoms with van der Waals surface area (Å²) >= 11 is 0. The molecule has 1 unspecified atom stereocenters. The van der Waals surface area contributed by atoms with Crippen LogP contribution in [0.25, 0.3) is 0 Å². The van der Waals surface area contributed by atoms with Gasteiger partial charge in [-0.15, -0.1) is 6.58 Å². The molecule has 0 spiro atoms. The van der Waals surface area contributed by atoms with Crippen LogP contribution in [0, 0.1) is 5.92 Å². The first-order valence-electron chi connectivity index (χ1n) is 4.66. The molecule has 1 aliphatic heterocycles. The molecule has 1 saturated heterocycles. The minimum absolute atomic E-state index is 0.392.